The molecule has 29 heavy (non-hydrogen) atoms. The zero-order valence-corrected chi connectivity index (χ0v) is 16.6. The van der Waals surface area contributed by atoms with Crippen molar-refractivity contribution < 1.29 is 23.5 Å². The Balaban J connectivity index is 1.60. The average Bonchev–Trinajstić information content (AvgIpc) is 3.40. The first kappa shape index (κ1) is 20.2. The Bertz CT molecular complexity index is 996. The summed E-state index contributed by atoms with van der Waals surface area (Å²) in [6, 6.07) is 13.2. The summed E-state index contributed by atoms with van der Waals surface area (Å²) in [7, 11) is 1.61. The molecule has 0 saturated carbocycles. The Labute approximate surface area is 171 Å². The van der Waals surface area contributed by atoms with Crippen molar-refractivity contribution in [1.82, 2.24) is 0 Å². The third kappa shape index (κ3) is 5.02. The van der Waals surface area contributed by atoms with E-state index < -0.39 is 6.09 Å². The standard InChI is InChI=1S/C20H19N3O5S/c1-3-27-20(26)23(2)14-8-6-13(7-9-14)21-19(25)16-10-11-17(29-16)22-18(24)15-5-4-12-28-15/h4-12H,3H2,1-2H3,(H,21,25)(H,22,24). The molecule has 0 bridgehead atoms. The molecule has 0 aliphatic carbocycles. The quantitative estimate of drug-likeness (QED) is 0.622. The van der Waals surface area contributed by atoms with Gasteiger partial charge in [-0.2, -0.15) is 0 Å². The molecule has 150 valence electrons. The number of rotatable bonds is 6. The van der Waals surface area contributed by atoms with Gasteiger partial charge in [0.1, 0.15) is 0 Å². The van der Waals surface area contributed by atoms with Gasteiger partial charge in [0.15, 0.2) is 5.76 Å². The topological polar surface area (TPSA) is 101 Å². The number of carbonyl (C=O) groups excluding carboxylic acids is 3. The monoisotopic (exact) mass is 413 g/mol. The number of anilines is 3. The number of hydrogen-bond donors (Lipinski definition) is 2. The summed E-state index contributed by atoms with van der Waals surface area (Å²) < 4.78 is 9.98. The van der Waals surface area contributed by atoms with Gasteiger partial charge in [-0.25, -0.2) is 4.79 Å². The average molecular weight is 413 g/mol. The summed E-state index contributed by atoms with van der Waals surface area (Å²) >= 11 is 1.15. The van der Waals surface area contributed by atoms with Crippen LogP contribution < -0.4 is 15.5 Å². The lowest BCUT2D eigenvalue weighted by Gasteiger charge is -2.16. The maximum atomic E-state index is 12.4. The summed E-state index contributed by atoms with van der Waals surface area (Å²) in [5, 5.41) is 5.99. The first-order valence-corrected chi connectivity index (χ1v) is 9.56. The molecule has 0 radical (unpaired) electrons. The van der Waals surface area contributed by atoms with Crippen LogP contribution in [-0.4, -0.2) is 31.6 Å². The van der Waals surface area contributed by atoms with E-state index >= 15 is 0 Å². The number of nitrogens with zero attached hydrogens (tertiary/aromatic N) is 1. The fraction of sp³-hybridized carbons (Fsp3) is 0.150. The molecule has 9 heteroatoms. The van der Waals surface area contributed by atoms with Gasteiger partial charge in [0.25, 0.3) is 11.8 Å². The summed E-state index contributed by atoms with van der Waals surface area (Å²) in [6.45, 7) is 2.03. The lowest BCUT2D eigenvalue weighted by Crippen LogP contribution is -2.26. The van der Waals surface area contributed by atoms with Crippen LogP contribution in [0.15, 0.2) is 59.2 Å². The van der Waals surface area contributed by atoms with Gasteiger partial charge in [-0.1, -0.05) is 0 Å². The van der Waals surface area contributed by atoms with Crippen molar-refractivity contribution in [3.63, 3.8) is 0 Å². The summed E-state index contributed by atoms with van der Waals surface area (Å²) in [5.74, 6) is -0.498. The van der Waals surface area contributed by atoms with E-state index in [1.807, 2.05) is 0 Å². The first-order chi connectivity index (χ1) is 14.0. The summed E-state index contributed by atoms with van der Waals surface area (Å²) in [5.41, 5.74) is 1.21. The van der Waals surface area contributed by atoms with Crippen LogP contribution in [0.5, 0.6) is 0 Å². The molecule has 0 unspecified atom stereocenters. The van der Waals surface area contributed by atoms with Crippen LogP contribution in [0.4, 0.5) is 21.2 Å². The second-order valence-corrected chi connectivity index (χ2v) is 6.94. The van der Waals surface area contributed by atoms with Crippen LogP contribution in [0, 0.1) is 0 Å². The Morgan fingerprint density at radius 3 is 2.45 bits per heavy atom. The van der Waals surface area contributed by atoms with Gasteiger partial charge in [0.2, 0.25) is 0 Å². The van der Waals surface area contributed by atoms with E-state index in [-0.39, 0.29) is 17.6 Å². The highest BCUT2D eigenvalue weighted by atomic mass is 32.1. The first-order valence-electron chi connectivity index (χ1n) is 8.74. The number of carbonyl (C=O) groups is 3. The Morgan fingerprint density at radius 1 is 1.03 bits per heavy atom. The second-order valence-electron chi connectivity index (χ2n) is 5.85. The van der Waals surface area contributed by atoms with Crippen LogP contribution in [0.25, 0.3) is 0 Å². The molecule has 0 spiro atoms. The van der Waals surface area contributed by atoms with Crippen molar-refractivity contribution in [1.29, 1.82) is 0 Å². The summed E-state index contributed by atoms with van der Waals surface area (Å²) in [6.07, 6.45) is 0.963. The highest BCUT2D eigenvalue weighted by molar-refractivity contribution is 7.18. The third-order valence-electron chi connectivity index (χ3n) is 3.87. The van der Waals surface area contributed by atoms with Gasteiger partial charge in [-0.3, -0.25) is 14.5 Å². The molecular weight excluding hydrogens is 394 g/mol. The van der Waals surface area contributed by atoms with Gasteiger partial charge in [0, 0.05) is 18.4 Å². The summed E-state index contributed by atoms with van der Waals surface area (Å²) in [4.78, 5) is 38.0. The fourth-order valence-electron chi connectivity index (χ4n) is 2.40. The number of hydrogen-bond acceptors (Lipinski definition) is 6. The SMILES string of the molecule is CCOC(=O)N(C)c1ccc(NC(=O)c2ccc(NC(=O)c3ccco3)s2)cc1. The van der Waals surface area contributed by atoms with Gasteiger partial charge < -0.3 is 19.8 Å². The van der Waals surface area contributed by atoms with Crippen LogP contribution in [0.3, 0.4) is 0 Å². The minimum absolute atomic E-state index is 0.192. The number of amides is 3. The minimum Gasteiger partial charge on any atom is -0.459 e. The zero-order valence-electron chi connectivity index (χ0n) is 15.8. The second kappa shape index (κ2) is 9.07. The Morgan fingerprint density at radius 2 is 1.79 bits per heavy atom. The third-order valence-corrected chi connectivity index (χ3v) is 4.87. The van der Waals surface area contributed by atoms with E-state index in [0.29, 0.717) is 27.9 Å². The molecule has 3 amide bonds. The van der Waals surface area contributed by atoms with E-state index in [2.05, 4.69) is 10.6 Å². The van der Waals surface area contributed by atoms with Gasteiger partial charge in [-0.05, 0) is 55.5 Å². The normalized spacial score (nSPS) is 10.3. The molecule has 2 aromatic heterocycles. The molecule has 0 aliphatic heterocycles. The molecule has 2 N–H and O–H groups in total. The van der Waals surface area contributed by atoms with Crippen LogP contribution >= 0.6 is 11.3 Å². The van der Waals surface area contributed by atoms with E-state index in [0.717, 1.165) is 11.3 Å². The number of thiophene rings is 1. The molecule has 8 nitrogen and oxygen atoms in total. The van der Waals surface area contributed by atoms with E-state index in [9.17, 15) is 14.4 Å². The number of ether oxygens (including phenoxy) is 1. The van der Waals surface area contributed by atoms with Crippen molar-refractivity contribution >= 4 is 45.6 Å². The zero-order chi connectivity index (χ0) is 20.8. The maximum Gasteiger partial charge on any atom is 0.413 e. The van der Waals surface area contributed by atoms with E-state index in [4.69, 9.17) is 9.15 Å². The van der Waals surface area contributed by atoms with Crippen molar-refractivity contribution in [3.05, 3.63) is 65.4 Å². The predicted octanol–water partition coefficient (Wildman–Crippen LogP) is 4.44. The fourth-order valence-corrected chi connectivity index (χ4v) is 3.19. The molecule has 2 heterocycles. The minimum atomic E-state index is -0.452. The van der Waals surface area contributed by atoms with Crippen LogP contribution in [0.2, 0.25) is 0 Å². The van der Waals surface area contributed by atoms with Crippen molar-refractivity contribution in [3.8, 4) is 0 Å². The van der Waals surface area contributed by atoms with Crippen molar-refractivity contribution in [2.75, 3.05) is 29.2 Å². The van der Waals surface area contributed by atoms with Crippen LogP contribution in [0.1, 0.15) is 27.2 Å². The highest BCUT2D eigenvalue weighted by Crippen LogP contribution is 2.24. The van der Waals surface area contributed by atoms with Crippen molar-refractivity contribution in [2.45, 2.75) is 6.92 Å². The molecule has 0 saturated heterocycles. The smallest absolute Gasteiger partial charge is 0.413 e. The van der Waals surface area contributed by atoms with Crippen LogP contribution in [-0.2, 0) is 4.74 Å². The van der Waals surface area contributed by atoms with E-state index in [1.54, 1.807) is 62.5 Å². The molecule has 3 aromatic rings. The van der Waals surface area contributed by atoms with Gasteiger partial charge >= 0.3 is 6.09 Å². The molecule has 0 atom stereocenters. The predicted molar refractivity (Wildman–Crippen MR) is 111 cm³/mol. The van der Waals surface area contributed by atoms with Crippen molar-refractivity contribution in [2.24, 2.45) is 0 Å². The Kier molecular flexibility index (Phi) is 6.30. The lowest BCUT2D eigenvalue weighted by molar-refractivity contribution is 0.0995. The largest absolute Gasteiger partial charge is 0.459 e. The lowest BCUT2D eigenvalue weighted by atomic mass is 10.2. The number of furan rings is 1. The Hall–Kier alpha value is -3.59. The molecule has 3 rings (SSSR count). The highest BCUT2D eigenvalue weighted by Gasteiger charge is 2.15. The molecule has 0 aliphatic rings. The van der Waals surface area contributed by atoms with Gasteiger partial charge in [0.05, 0.1) is 22.7 Å². The maximum absolute atomic E-state index is 12.4. The molecule has 0 fully saturated rings. The number of nitrogens with one attached hydrogen (secondary N) is 2. The number of benzene rings is 1. The molecular formula is C20H19N3O5S. The van der Waals surface area contributed by atoms with Gasteiger partial charge in [-0.15, -0.1) is 11.3 Å². The molecule has 1 aromatic carbocycles. The van der Waals surface area contributed by atoms with E-state index in [1.165, 1.54) is 11.2 Å².